The van der Waals surface area contributed by atoms with Crippen molar-refractivity contribution in [2.24, 2.45) is 10.1 Å². The Hall–Kier alpha value is -5.75. The SMILES string of the molecule is COc1cccc([C@@H]2OC(c3ccc(OCCCO)cc3)=N[C@]2(Cc2ccccc2CN=[N+]=[N-])C(=O)NNCCc2ccc(OC)c(OC)c2)c1. The summed E-state index contributed by atoms with van der Waals surface area (Å²) in [5.41, 5.74) is 17.4. The second-order valence-electron chi connectivity index (χ2n) is 11.7. The minimum absolute atomic E-state index is 0.0373. The summed E-state index contributed by atoms with van der Waals surface area (Å²) in [5.74, 6) is 2.34. The first-order valence-electron chi connectivity index (χ1n) is 16.5. The van der Waals surface area contributed by atoms with E-state index in [0.29, 0.717) is 60.1 Å². The van der Waals surface area contributed by atoms with E-state index in [1.165, 1.54) is 0 Å². The molecule has 1 heterocycles. The Morgan fingerprint density at radius 3 is 2.45 bits per heavy atom. The molecule has 0 spiro atoms. The third-order valence-electron chi connectivity index (χ3n) is 8.50. The molecule has 2 atom stereocenters. The van der Waals surface area contributed by atoms with Crippen LogP contribution >= 0.6 is 0 Å². The van der Waals surface area contributed by atoms with E-state index < -0.39 is 17.6 Å². The fourth-order valence-electron chi connectivity index (χ4n) is 5.86. The first-order chi connectivity index (χ1) is 24.9. The fourth-order valence-corrected chi connectivity index (χ4v) is 5.86. The van der Waals surface area contributed by atoms with E-state index in [1.807, 2.05) is 78.9 Å². The van der Waals surface area contributed by atoms with Crippen LogP contribution in [0.4, 0.5) is 0 Å². The number of nitrogens with zero attached hydrogens (tertiary/aromatic N) is 4. The molecule has 0 radical (unpaired) electrons. The number of rotatable bonds is 18. The van der Waals surface area contributed by atoms with Gasteiger partial charge in [-0.2, -0.15) is 0 Å². The Bertz CT molecular complexity index is 1860. The monoisotopic (exact) mass is 694 g/mol. The number of carbonyl (C=O) groups is 1. The molecule has 0 aromatic heterocycles. The van der Waals surface area contributed by atoms with Gasteiger partial charge in [-0.05, 0) is 82.7 Å². The fraction of sp³-hybridized carbons (Fsp3) is 0.316. The van der Waals surface area contributed by atoms with Crippen LogP contribution in [0.2, 0.25) is 0 Å². The number of ether oxygens (including phenoxy) is 5. The second-order valence-corrected chi connectivity index (χ2v) is 11.7. The van der Waals surface area contributed by atoms with Gasteiger partial charge in [0.2, 0.25) is 5.90 Å². The highest BCUT2D eigenvalue weighted by Gasteiger charge is 2.53. The van der Waals surface area contributed by atoms with E-state index in [1.54, 1.807) is 33.5 Å². The number of aliphatic imine (C=N–C) groups is 1. The largest absolute Gasteiger partial charge is 0.497 e. The molecule has 4 aromatic carbocycles. The summed E-state index contributed by atoms with van der Waals surface area (Å²) in [6.07, 6.45) is 0.352. The molecule has 13 nitrogen and oxygen atoms in total. The lowest BCUT2D eigenvalue weighted by molar-refractivity contribution is -0.130. The molecule has 0 fully saturated rings. The standard InChI is InChI=1S/C38H42N6O7/c1-47-32-11-6-10-28(23-32)35-38(24-29-8-4-5-9-30(29)25-41-44-39,42-36(51-35)27-13-15-31(16-14-27)50-21-7-20-45)37(46)43-40-19-18-26-12-17-33(48-2)34(22-26)49-3/h4-6,8-17,22-23,35,40,45H,7,18-21,24-25H2,1-3H3,(H,43,46)/t35-,38-/m0/s1. The lowest BCUT2D eigenvalue weighted by Gasteiger charge is -2.31. The van der Waals surface area contributed by atoms with E-state index in [0.717, 1.165) is 16.7 Å². The van der Waals surface area contributed by atoms with Crippen molar-refractivity contribution < 1.29 is 33.6 Å². The highest BCUT2D eigenvalue weighted by atomic mass is 16.5. The molecular weight excluding hydrogens is 652 g/mol. The van der Waals surface area contributed by atoms with E-state index in [2.05, 4.69) is 20.9 Å². The highest BCUT2D eigenvalue weighted by molar-refractivity contribution is 6.01. The molecular formula is C38H42N6O7. The third kappa shape index (κ3) is 8.89. The average molecular weight is 695 g/mol. The number of benzene rings is 4. The number of azide groups is 1. The second kappa shape index (κ2) is 17.8. The van der Waals surface area contributed by atoms with Gasteiger partial charge in [-0.15, -0.1) is 0 Å². The Labute approximate surface area is 296 Å². The normalized spacial score (nSPS) is 16.3. The van der Waals surface area contributed by atoms with Gasteiger partial charge in [-0.1, -0.05) is 47.6 Å². The number of hydrogen-bond donors (Lipinski definition) is 3. The molecule has 0 saturated carbocycles. The number of methoxy groups -OCH3 is 3. The van der Waals surface area contributed by atoms with E-state index >= 15 is 0 Å². The topological polar surface area (TPSA) is 169 Å². The molecule has 1 amide bonds. The molecule has 0 aliphatic carbocycles. The van der Waals surface area contributed by atoms with Crippen LogP contribution in [0.5, 0.6) is 23.0 Å². The molecule has 3 N–H and O–H groups in total. The quantitative estimate of drug-likeness (QED) is 0.0395. The number of hydrogen-bond acceptors (Lipinski definition) is 10. The van der Waals surface area contributed by atoms with Crippen molar-refractivity contribution in [3.05, 3.63) is 129 Å². The number of aliphatic hydroxyl groups excluding tert-OH is 1. The van der Waals surface area contributed by atoms with Gasteiger partial charge in [-0.3, -0.25) is 10.2 Å². The summed E-state index contributed by atoms with van der Waals surface area (Å²) in [4.78, 5) is 22.7. The number of nitrogens with one attached hydrogen (secondary N) is 2. The zero-order valence-corrected chi connectivity index (χ0v) is 28.9. The maximum atomic E-state index is 14.7. The molecule has 1 aliphatic rings. The summed E-state index contributed by atoms with van der Waals surface area (Å²) in [6.45, 7) is 0.926. The van der Waals surface area contributed by atoms with Crippen molar-refractivity contribution >= 4 is 11.8 Å². The van der Waals surface area contributed by atoms with Crippen LogP contribution in [0.15, 0.2) is 101 Å². The molecule has 1 aliphatic heterocycles. The van der Waals surface area contributed by atoms with Crippen LogP contribution in [-0.4, -0.2) is 63.5 Å². The van der Waals surface area contributed by atoms with Gasteiger partial charge in [0.1, 0.15) is 11.5 Å². The Balaban J connectivity index is 1.51. The maximum absolute atomic E-state index is 14.7. The lowest BCUT2D eigenvalue weighted by Crippen LogP contribution is -2.54. The number of carbonyl (C=O) groups excluding carboxylic acids is 1. The van der Waals surface area contributed by atoms with Crippen molar-refractivity contribution in [2.75, 3.05) is 41.1 Å². The Morgan fingerprint density at radius 1 is 0.941 bits per heavy atom. The van der Waals surface area contributed by atoms with Gasteiger partial charge >= 0.3 is 0 Å². The zero-order chi connectivity index (χ0) is 36.1. The van der Waals surface area contributed by atoms with Crippen molar-refractivity contribution in [3.63, 3.8) is 0 Å². The zero-order valence-electron chi connectivity index (χ0n) is 28.9. The number of hydrazine groups is 1. The minimum Gasteiger partial charge on any atom is -0.497 e. The number of amides is 1. The van der Waals surface area contributed by atoms with E-state index in [9.17, 15) is 4.79 Å². The molecule has 0 saturated heterocycles. The van der Waals surface area contributed by atoms with Crippen molar-refractivity contribution in [3.8, 4) is 23.0 Å². The van der Waals surface area contributed by atoms with Crippen molar-refractivity contribution in [2.45, 2.75) is 37.5 Å². The van der Waals surface area contributed by atoms with Crippen LogP contribution in [0.25, 0.3) is 10.4 Å². The van der Waals surface area contributed by atoms with Crippen LogP contribution in [0, 0.1) is 0 Å². The van der Waals surface area contributed by atoms with E-state index in [-0.39, 0.29) is 25.5 Å². The maximum Gasteiger partial charge on any atom is 0.266 e. The van der Waals surface area contributed by atoms with Gasteiger partial charge in [0.05, 0.1) is 34.5 Å². The van der Waals surface area contributed by atoms with Crippen LogP contribution < -0.4 is 29.8 Å². The molecule has 51 heavy (non-hydrogen) atoms. The molecule has 4 aromatic rings. The smallest absolute Gasteiger partial charge is 0.266 e. The molecule has 5 rings (SSSR count). The molecule has 13 heteroatoms. The molecule has 266 valence electrons. The van der Waals surface area contributed by atoms with Crippen LogP contribution in [0.1, 0.15) is 40.3 Å². The summed E-state index contributed by atoms with van der Waals surface area (Å²) >= 11 is 0. The summed E-state index contributed by atoms with van der Waals surface area (Å²) < 4.78 is 28.7. The highest BCUT2D eigenvalue weighted by Crippen LogP contribution is 2.43. The summed E-state index contributed by atoms with van der Waals surface area (Å²) in [7, 11) is 4.75. The van der Waals surface area contributed by atoms with Gasteiger partial charge in [-0.25, -0.2) is 10.4 Å². The lowest BCUT2D eigenvalue weighted by atomic mass is 9.81. The Kier molecular flexibility index (Phi) is 12.7. The molecule has 0 bridgehead atoms. The number of aliphatic hydroxyl groups is 1. The predicted octanol–water partition coefficient (Wildman–Crippen LogP) is 5.65. The van der Waals surface area contributed by atoms with Gasteiger partial charge < -0.3 is 28.8 Å². The van der Waals surface area contributed by atoms with Gasteiger partial charge in [0.15, 0.2) is 23.1 Å². The van der Waals surface area contributed by atoms with Crippen LogP contribution in [0.3, 0.4) is 0 Å². The molecule has 0 unspecified atom stereocenters. The van der Waals surface area contributed by atoms with E-state index in [4.69, 9.17) is 39.3 Å². The van der Waals surface area contributed by atoms with Crippen molar-refractivity contribution in [1.82, 2.24) is 10.9 Å². The third-order valence-corrected chi connectivity index (χ3v) is 8.50. The van der Waals surface area contributed by atoms with Crippen LogP contribution in [-0.2, 0) is 28.9 Å². The van der Waals surface area contributed by atoms with Gasteiger partial charge in [0.25, 0.3) is 5.91 Å². The van der Waals surface area contributed by atoms with Gasteiger partial charge in [0, 0.05) is 36.5 Å². The Morgan fingerprint density at radius 2 is 1.73 bits per heavy atom. The first-order valence-corrected chi connectivity index (χ1v) is 16.5. The van der Waals surface area contributed by atoms with Crippen molar-refractivity contribution in [1.29, 1.82) is 0 Å². The predicted molar refractivity (Wildman–Crippen MR) is 192 cm³/mol. The average Bonchev–Trinajstić information content (AvgIpc) is 3.56. The minimum atomic E-state index is -1.51. The first kappa shape index (κ1) is 36.5. The summed E-state index contributed by atoms with van der Waals surface area (Å²) in [5, 5.41) is 12.9. The summed E-state index contributed by atoms with van der Waals surface area (Å²) in [6, 6.07) is 27.8.